The molecule has 0 saturated heterocycles. The molecular formula is C19H16ClFN2O3. The first-order chi connectivity index (χ1) is 12.5. The molecule has 1 aliphatic heterocycles. The number of benzene rings is 2. The van der Waals surface area contributed by atoms with Crippen LogP contribution in [-0.2, 0) is 11.2 Å². The fourth-order valence-electron chi connectivity index (χ4n) is 2.81. The van der Waals surface area contributed by atoms with Crippen LogP contribution in [0.3, 0.4) is 0 Å². The molecule has 0 radical (unpaired) electrons. The maximum Gasteiger partial charge on any atom is 0.261 e. The number of nitrogens with one attached hydrogen (secondary N) is 1. The van der Waals surface area contributed by atoms with Gasteiger partial charge in [-0.3, -0.25) is 19.3 Å². The van der Waals surface area contributed by atoms with Crippen molar-refractivity contribution in [3.63, 3.8) is 0 Å². The van der Waals surface area contributed by atoms with E-state index >= 15 is 0 Å². The van der Waals surface area contributed by atoms with Gasteiger partial charge in [-0.15, -0.1) is 0 Å². The van der Waals surface area contributed by atoms with Crippen LogP contribution in [0.4, 0.5) is 4.39 Å². The molecule has 5 nitrogen and oxygen atoms in total. The third-order valence-corrected chi connectivity index (χ3v) is 4.40. The third-order valence-electron chi connectivity index (χ3n) is 4.17. The number of hydrogen-bond acceptors (Lipinski definition) is 3. The number of carbonyl (C=O) groups excluding carboxylic acids is 3. The van der Waals surface area contributed by atoms with Crippen LogP contribution in [0, 0.1) is 5.82 Å². The molecule has 3 amide bonds. The molecular weight excluding hydrogens is 359 g/mol. The van der Waals surface area contributed by atoms with Crippen molar-refractivity contribution in [3.8, 4) is 0 Å². The maximum absolute atomic E-state index is 13.5. The molecule has 0 fully saturated rings. The van der Waals surface area contributed by atoms with Gasteiger partial charge < -0.3 is 5.32 Å². The molecule has 0 spiro atoms. The van der Waals surface area contributed by atoms with Gasteiger partial charge >= 0.3 is 0 Å². The van der Waals surface area contributed by atoms with E-state index in [1.54, 1.807) is 24.3 Å². The lowest BCUT2D eigenvalue weighted by Crippen LogP contribution is -2.35. The monoisotopic (exact) mass is 374 g/mol. The van der Waals surface area contributed by atoms with Crippen molar-refractivity contribution in [1.29, 1.82) is 0 Å². The minimum Gasteiger partial charge on any atom is -0.356 e. The fraction of sp³-hybridized carbons (Fsp3) is 0.211. The molecule has 1 heterocycles. The summed E-state index contributed by atoms with van der Waals surface area (Å²) in [4.78, 5) is 37.5. The van der Waals surface area contributed by atoms with Gasteiger partial charge in [-0.2, -0.15) is 0 Å². The van der Waals surface area contributed by atoms with Gasteiger partial charge in [0.15, 0.2) is 0 Å². The minimum absolute atomic E-state index is 0.0174. The smallest absolute Gasteiger partial charge is 0.261 e. The van der Waals surface area contributed by atoms with Crippen LogP contribution in [0.5, 0.6) is 0 Å². The predicted octanol–water partition coefficient (Wildman–Crippen LogP) is 2.82. The molecule has 3 rings (SSSR count). The number of rotatable bonds is 6. The molecule has 0 bridgehead atoms. The maximum atomic E-state index is 13.5. The summed E-state index contributed by atoms with van der Waals surface area (Å²) in [6.07, 6.45) is 0.348. The van der Waals surface area contributed by atoms with Gasteiger partial charge in [0.05, 0.1) is 11.1 Å². The number of halogens is 2. The molecule has 2 aromatic carbocycles. The van der Waals surface area contributed by atoms with E-state index in [1.807, 2.05) is 0 Å². The lowest BCUT2D eigenvalue weighted by Gasteiger charge is -2.13. The Bertz CT molecular complexity index is 885. The van der Waals surface area contributed by atoms with E-state index in [0.29, 0.717) is 22.6 Å². The fourth-order valence-corrected chi connectivity index (χ4v) is 2.98. The molecule has 2 aromatic rings. The highest BCUT2D eigenvalue weighted by Gasteiger charge is 2.35. The number of imide groups is 1. The van der Waals surface area contributed by atoms with Crippen LogP contribution >= 0.6 is 11.6 Å². The molecule has 26 heavy (non-hydrogen) atoms. The molecule has 1 aliphatic rings. The van der Waals surface area contributed by atoms with Crippen molar-refractivity contribution < 1.29 is 18.8 Å². The Morgan fingerprint density at radius 3 is 2.58 bits per heavy atom. The lowest BCUT2D eigenvalue weighted by atomic mass is 10.1. The Morgan fingerprint density at radius 2 is 1.81 bits per heavy atom. The summed E-state index contributed by atoms with van der Waals surface area (Å²) in [5.74, 6) is -1.50. The van der Waals surface area contributed by atoms with E-state index in [1.165, 1.54) is 18.2 Å². The zero-order valence-electron chi connectivity index (χ0n) is 13.8. The molecule has 1 N–H and O–H groups in total. The van der Waals surface area contributed by atoms with Gasteiger partial charge in [0.2, 0.25) is 5.91 Å². The van der Waals surface area contributed by atoms with Gasteiger partial charge in [-0.25, -0.2) is 4.39 Å². The second-order valence-corrected chi connectivity index (χ2v) is 6.33. The van der Waals surface area contributed by atoms with Crippen LogP contribution in [0.2, 0.25) is 5.02 Å². The number of hydrogen-bond donors (Lipinski definition) is 1. The van der Waals surface area contributed by atoms with Crippen LogP contribution in [0.1, 0.15) is 32.7 Å². The normalized spacial score (nSPS) is 13.1. The van der Waals surface area contributed by atoms with E-state index in [4.69, 9.17) is 11.6 Å². The Morgan fingerprint density at radius 1 is 1.08 bits per heavy atom. The first-order valence-electron chi connectivity index (χ1n) is 8.13. The molecule has 7 heteroatoms. The highest BCUT2D eigenvalue weighted by Crippen LogP contribution is 2.25. The highest BCUT2D eigenvalue weighted by atomic mass is 35.5. The molecule has 0 atom stereocenters. The van der Waals surface area contributed by atoms with E-state index < -0.39 is 11.8 Å². The largest absolute Gasteiger partial charge is 0.356 e. The minimum atomic E-state index is -0.452. The first kappa shape index (κ1) is 18.1. The Labute approximate surface area is 154 Å². The zero-order valence-corrected chi connectivity index (χ0v) is 14.6. The molecule has 0 unspecified atom stereocenters. The van der Waals surface area contributed by atoms with E-state index in [2.05, 4.69) is 5.32 Å². The van der Waals surface area contributed by atoms with E-state index in [0.717, 1.165) is 4.90 Å². The van der Waals surface area contributed by atoms with Gasteiger partial charge in [-0.1, -0.05) is 29.8 Å². The van der Waals surface area contributed by atoms with Gasteiger partial charge in [0.1, 0.15) is 5.82 Å². The summed E-state index contributed by atoms with van der Waals surface area (Å²) in [5, 5.41) is 3.04. The van der Waals surface area contributed by atoms with Gasteiger partial charge in [0, 0.05) is 24.5 Å². The first-order valence-corrected chi connectivity index (χ1v) is 8.51. The van der Waals surface area contributed by atoms with Crippen molar-refractivity contribution in [2.24, 2.45) is 0 Å². The number of nitrogens with zero attached hydrogens (tertiary/aromatic N) is 1. The van der Waals surface area contributed by atoms with Crippen molar-refractivity contribution in [3.05, 3.63) is 70.0 Å². The van der Waals surface area contributed by atoms with Crippen molar-refractivity contribution in [1.82, 2.24) is 10.2 Å². The van der Waals surface area contributed by atoms with Crippen LogP contribution in [0.15, 0.2) is 42.5 Å². The third kappa shape index (κ3) is 3.75. The summed E-state index contributed by atoms with van der Waals surface area (Å²) in [6, 6.07) is 10.9. The molecule has 0 aromatic heterocycles. The summed E-state index contributed by atoms with van der Waals surface area (Å²) in [5.41, 5.74) is 1.06. The summed E-state index contributed by atoms with van der Waals surface area (Å²) < 4.78 is 13.5. The quantitative estimate of drug-likeness (QED) is 0.791. The average molecular weight is 375 g/mol. The number of amides is 3. The second-order valence-electron chi connectivity index (χ2n) is 5.89. The van der Waals surface area contributed by atoms with Crippen LogP contribution in [-0.4, -0.2) is 35.7 Å². The predicted molar refractivity (Wildman–Crippen MR) is 94.5 cm³/mol. The Kier molecular flexibility index (Phi) is 5.32. The zero-order chi connectivity index (χ0) is 18.7. The average Bonchev–Trinajstić information content (AvgIpc) is 2.85. The van der Waals surface area contributed by atoms with Crippen molar-refractivity contribution >= 4 is 29.3 Å². The van der Waals surface area contributed by atoms with Crippen LogP contribution < -0.4 is 5.32 Å². The molecule has 134 valence electrons. The van der Waals surface area contributed by atoms with Crippen LogP contribution in [0.25, 0.3) is 0 Å². The molecule has 0 saturated carbocycles. The summed E-state index contributed by atoms with van der Waals surface area (Å²) in [6.45, 7) is 0.257. The van der Waals surface area contributed by atoms with Gasteiger partial charge in [0.25, 0.3) is 11.8 Å². The summed E-state index contributed by atoms with van der Waals surface area (Å²) in [7, 11) is 0. The lowest BCUT2D eigenvalue weighted by molar-refractivity contribution is -0.121. The molecule has 0 aliphatic carbocycles. The van der Waals surface area contributed by atoms with Crippen molar-refractivity contribution in [2.75, 3.05) is 13.1 Å². The van der Waals surface area contributed by atoms with Gasteiger partial charge in [-0.05, 0) is 36.2 Å². The Hall–Kier alpha value is -2.73. The second kappa shape index (κ2) is 7.66. The topological polar surface area (TPSA) is 66.5 Å². The standard InChI is InChI=1S/C19H16ClFN2O3/c20-13-5-6-14-15(11-13)19(26)23(18(14)25)10-8-17(24)22-9-7-12-3-1-2-4-16(12)21/h1-6,11H,7-10H2,(H,22,24). The number of fused-ring (bicyclic) bond motifs is 1. The van der Waals surface area contributed by atoms with Crippen molar-refractivity contribution in [2.45, 2.75) is 12.8 Å². The highest BCUT2D eigenvalue weighted by molar-refractivity contribution is 6.32. The number of carbonyl (C=O) groups is 3. The van der Waals surface area contributed by atoms with E-state index in [9.17, 15) is 18.8 Å². The summed E-state index contributed by atoms with van der Waals surface area (Å²) >= 11 is 5.86. The SMILES string of the molecule is O=C(CCN1C(=O)c2ccc(Cl)cc2C1=O)NCCc1ccccc1F. The van der Waals surface area contributed by atoms with E-state index in [-0.39, 0.29) is 36.8 Å². The Balaban J connectivity index is 1.50.